The molecule has 7 heavy (non-hydrogen) atoms. The van der Waals surface area contributed by atoms with Crippen molar-refractivity contribution in [3.8, 4) is 0 Å². The summed E-state index contributed by atoms with van der Waals surface area (Å²) < 4.78 is 0. The van der Waals surface area contributed by atoms with E-state index in [1.807, 2.05) is 0 Å². The van der Waals surface area contributed by atoms with Crippen LogP contribution in [0, 0.1) is 10.6 Å². The molecule has 3 nitrogen and oxygen atoms in total. The van der Waals surface area contributed by atoms with Crippen molar-refractivity contribution in [3.05, 3.63) is 5.21 Å². The third-order valence-corrected chi connectivity index (χ3v) is 1.75. The van der Waals surface area contributed by atoms with Gasteiger partial charge in [0, 0.05) is 0 Å². The van der Waals surface area contributed by atoms with Gasteiger partial charge in [-0.1, -0.05) is 0 Å². The summed E-state index contributed by atoms with van der Waals surface area (Å²) in [7, 11) is 0. The van der Waals surface area contributed by atoms with E-state index >= 15 is 0 Å². The average Bonchev–Trinajstić information content (AvgIpc) is 1.91. The molecular weight excluding hydrogens is 112 g/mol. The molecule has 1 saturated heterocycles. The molecule has 0 aromatic rings. The van der Waals surface area contributed by atoms with Crippen molar-refractivity contribution in [2.45, 2.75) is 0 Å². The molecule has 0 radical (unpaired) electrons. The lowest BCUT2D eigenvalue weighted by molar-refractivity contribution is -0.737. The van der Waals surface area contributed by atoms with Gasteiger partial charge in [0.25, 0.3) is 5.17 Å². The molecular formula is C3H6N2OS. The standard InChI is InChI=1S/C3H6N2OS/c4-3-5(6)1-2-7-3/h4-5H,1-2H2. The number of thioether (sulfide) groups is 1. The fourth-order valence-corrected chi connectivity index (χ4v) is 1.19. The minimum absolute atomic E-state index is 0.00463. The zero-order valence-electron chi connectivity index (χ0n) is 3.73. The zero-order chi connectivity index (χ0) is 5.28. The predicted octanol–water partition coefficient (Wildman–Crippen LogP) is -0.949. The van der Waals surface area contributed by atoms with Crippen molar-refractivity contribution in [2.75, 3.05) is 12.3 Å². The average molecular weight is 118 g/mol. The Morgan fingerprint density at radius 2 is 2.57 bits per heavy atom. The summed E-state index contributed by atoms with van der Waals surface area (Å²) in [5.41, 5.74) is 0. The monoisotopic (exact) mass is 118 g/mol. The van der Waals surface area contributed by atoms with Gasteiger partial charge in [-0.3, -0.25) is 0 Å². The molecule has 0 amide bonds. The van der Waals surface area contributed by atoms with E-state index in [-0.39, 0.29) is 10.2 Å². The number of rotatable bonds is 0. The summed E-state index contributed by atoms with van der Waals surface area (Å²) in [5, 5.41) is 17.4. The Morgan fingerprint density at radius 1 is 1.86 bits per heavy atom. The van der Waals surface area contributed by atoms with Crippen LogP contribution >= 0.6 is 11.8 Å². The van der Waals surface area contributed by atoms with E-state index in [4.69, 9.17) is 5.41 Å². The van der Waals surface area contributed by atoms with Crippen LogP contribution in [0.1, 0.15) is 0 Å². The molecule has 1 heterocycles. The number of hydroxylamine groups is 2. The second-order valence-electron chi connectivity index (χ2n) is 1.35. The van der Waals surface area contributed by atoms with Gasteiger partial charge >= 0.3 is 0 Å². The molecule has 0 aliphatic carbocycles. The Balaban J connectivity index is 2.48. The van der Waals surface area contributed by atoms with Gasteiger partial charge in [-0.05, 0) is 11.8 Å². The highest BCUT2D eigenvalue weighted by molar-refractivity contribution is 8.13. The minimum Gasteiger partial charge on any atom is -0.627 e. The van der Waals surface area contributed by atoms with Crippen molar-refractivity contribution in [1.29, 1.82) is 5.41 Å². The van der Waals surface area contributed by atoms with Gasteiger partial charge in [0.05, 0.1) is 12.3 Å². The minimum atomic E-state index is 0.00463. The van der Waals surface area contributed by atoms with Crippen molar-refractivity contribution in [3.63, 3.8) is 0 Å². The molecule has 1 rings (SSSR count). The second kappa shape index (κ2) is 1.81. The summed E-state index contributed by atoms with van der Waals surface area (Å²) in [5.74, 6) is 0.817. The van der Waals surface area contributed by atoms with Gasteiger partial charge in [0.2, 0.25) is 0 Å². The Morgan fingerprint density at radius 3 is 2.71 bits per heavy atom. The van der Waals surface area contributed by atoms with Gasteiger partial charge in [0.15, 0.2) is 0 Å². The third kappa shape index (κ3) is 0.933. The molecule has 1 fully saturated rings. The molecule has 0 bridgehead atoms. The van der Waals surface area contributed by atoms with Crippen LogP contribution in [0.15, 0.2) is 0 Å². The van der Waals surface area contributed by atoms with Crippen molar-refractivity contribution >= 4 is 16.9 Å². The van der Waals surface area contributed by atoms with Crippen LogP contribution in [0.2, 0.25) is 0 Å². The number of hydrogen-bond acceptors (Lipinski definition) is 3. The number of nitrogens with one attached hydrogen (secondary N) is 2. The molecule has 1 aliphatic rings. The van der Waals surface area contributed by atoms with Crippen LogP contribution in [0.3, 0.4) is 0 Å². The summed E-state index contributed by atoms with van der Waals surface area (Å²) in [6.07, 6.45) is 0. The maximum absolute atomic E-state index is 10.3. The van der Waals surface area contributed by atoms with E-state index < -0.39 is 0 Å². The maximum Gasteiger partial charge on any atom is 0.254 e. The molecule has 1 atom stereocenters. The van der Waals surface area contributed by atoms with Crippen LogP contribution in [0.25, 0.3) is 0 Å². The normalized spacial score (nSPS) is 31.6. The van der Waals surface area contributed by atoms with E-state index in [1.54, 1.807) is 0 Å². The zero-order valence-corrected chi connectivity index (χ0v) is 4.55. The summed E-state index contributed by atoms with van der Waals surface area (Å²) >= 11 is 1.34. The maximum atomic E-state index is 10.3. The van der Waals surface area contributed by atoms with Crippen molar-refractivity contribution < 1.29 is 5.06 Å². The fourth-order valence-electron chi connectivity index (χ4n) is 0.440. The largest absolute Gasteiger partial charge is 0.627 e. The van der Waals surface area contributed by atoms with Crippen molar-refractivity contribution in [2.24, 2.45) is 0 Å². The number of quaternary nitrogens is 1. The molecule has 4 heteroatoms. The molecule has 2 N–H and O–H groups in total. The lowest BCUT2D eigenvalue weighted by Crippen LogP contribution is -3.07. The van der Waals surface area contributed by atoms with Crippen LogP contribution in [-0.4, -0.2) is 17.5 Å². The molecule has 40 valence electrons. The van der Waals surface area contributed by atoms with Crippen LogP contribution in [0.4, 0.5) is 0 Å². The SMILES string of the molecule is N=C1SCC[NH+]1[O-]. The first-order valence-corrected chi connectivity index (χ1v) is 3.04. The fraction of sp³-hybridized carbons (Fsp3) is 0.667. The lowest BCUT2D eigenvalue weighted by atomic mass is 10.7. The lowest BCUT2D eigenvalue weighted by Gasteiger charge is -2.10. The number of hydrogen-bond donors (Lipinski definition) is 2. The van der Waals surface area contributed by atoms with E-state index in [0.717, 1.165) is 5.75 Å². The highest BCUT2D eigenvalue weighted by Crippen LogP contribution is 1.98. The first-order valence-electron chi connectivity index (χ1n) is 2.05. The molecule has 1 aliphatic heterocycles. The van der Waals surface area contributed by atoms with Gasteiger partial charge in [0.1, 0.15) is 0 Å². The quantitative estimate of drug-likeness (QED) is 0.403. The van der Waals surface area contributed by atoms with Crippen LogP contribution in [-0.2, 0) is 0 Å². The predicted molar refractivity (Wildman–Crippen MR) is 29.4 cm³/mol. The topological polar surface area (TPSA) is 51.4 Å². The Bertz CT molecular complexity index is 94.9. The van der Waals surface area contributed by atoms with Gasteiger partial charge in [-0.15, -0.1) is 0 Å². The molecule has 0 spiro atoms. The Labute approximate surface area is 45.8 Å². The Kier molecular flexibility index (Phi) is 1.32. The molecule has 0 saturated carbocycles. The molecule has 1 unspecified atom stereocenters. The van der Waals surface area contributed by atoms with Gasteiger partial charge in [-0.25, -0.2) is 5.41 Å². The van der Waals surface area contributed by atoms with Gasteiger partial charge < -0.3 is 10.3 Å². The van der Waals surface area contributed by atoms with E-state index in [2.05, 4.69) is 0 Å². The number of amidine groups is 1. The smallest absolute Gasteiger partial charge is 0.254 e. The van der Waals surface area contributed by atoms with Crippen LogP contribution < -0.4 is 5.06 Å². The second-order valence-corrected chi connectivity index (χ2v) is 2.46. The molecule has 0 aromatic carbocycles. The molecule has 0 aromatic heterocycles. The highest BCUT2D eigenvalue weighted by Gasteiger charge is 2.14. The van der Waals surface area contributed by atoms with Gasteiger partial charge in [-0.2, -0.15) is 0 Å². The summed E-state index contributed by atoms with van der Waals surface area (Å²) in [4.78, 5) is 0. The van der Waals surface area contributed by atoms with E-state index in [1.165, 1.54) is 11.8 Å². The highest BCUT2D eigenvalue weighted by atomic mass is 32.2. The van der Waals surface area contributed by atoms with Crippen molar-refractivity contribution in [1.82, 2.24) is 0 Å². The summed E-state index contributed by atoms with van der Waals surface area (Å²) in [6.45, 7) is 0.573. The third-order valence-electron chi connectivity index (χ3n) is 0.829. The van der Waals surface area contributed by atoms with E-state index in [9.17, 15) is 5.21 Å². The summed E-state index contributed by atoms with van der Waals surface area (Å²) in [6, 6.07) is 0. The first-order chi connectivity index (χ1) is 3.30. The van der Waals surface area contributed by atoms with E-state index in [0.29, 0.717) is 6.54 Å². The Hall–Kier alpha value is -0.0600. The first kappa shape index (κ1) is 5.08. The van der Waals surface area contributed by atoms with Crippen LogP contribution in [0.5, 0.6) is 0 Å².